The Balaban J connectivity index is 1.87. The Kier molecular flexibility index (Phi) is 5.88. The van der Waals surface area contributed by atoms with Gasteiger partial charge >= 0.3 is 0 Å². The minimum atomic E-state index is -0.201. The molecule has 118 valence electrons. The van der Waals surface area contributed by atoms with Crippen molar-refractivity contribution < 1.29 is 9.84 Å². The van der Waals surface area contributed by atoms with Crippen LogP contribution in [0.15, 0.2) is 0 Å². The monoisotopic (exact) mass is 283 g/mol. The summed E-state index contributed by atoms with van der Waals surface area (Å²) < 4.78 is 6.25. The van der Waals surface area contributed by atoms with Crippen LogP contribution in [0.5, 0.6) is 0 Å². The molecule has 3 atom stereocenters. The molecule has 2 fully saturated rings. The minimum Gasteiger partial charge on any atom is -0.394 e. The number of hydrogen-bond acceptors (Lipinski definition) is 3. The molecular formula is C17H33NO2. The molecular weight excluding hydrogens is 250 g/mol. The van der Waals surface area contributed by atoms with E-state index in [4.69, 9.17) is 4.74 Å². The largest absolute Gasteiger partial charge is 0.394 e. The zero-order chi connectivity index (χ0) is 14.6. The summed E-state index contributed by atoms with van der Waals surface area (Å²) in [6.45, 7) is 7.46. The number of rotatable bonds is 8. The lowest BCUT2D eigenvalue weighted by Gasteiger charge is -2.38. The van der Waals surface area contributed by atoms with Gasteiger partial charge in [-0.25, -0.2) is 0 Å². The zero-order valence-corrected chi connectivity index (χ0v) is 13.5. The molecule has 0 radical (unpaired) electrons. The molecule has 2 saturated carbocycles. The maximum absolute atomic E-state index is 9.92. The standard InChI is InChI=1S/C17H33NO2/c1-4-14-6-5-7-16(10-14)20-12-17(11-19,15-8-9-15)18-13(2)3/h13-16,18-19H,4-12H2,1-3H3. The number of hydrogen-bond donors (Lipinski definition) is 2. The summed E-state index contributed by atoms with van der Waals surface area (Å²) >= 11 is 0. The minimum absolute atomic E-state index is 0.194. The first kappa shape index (κ1) is 16.3. The smallest absolute Gasteiger partial charge is 0.0681 e. The highest BCUT2D eigenvalue weighted by molar-refractivity contribution is 5.02. The van der Waals surface area contributed by atoms with Crippen LogP contribution in [-0.2, 0) is 4.74 Å². The average Bonchev–Trinajstić information content (AvgIpc) is 3.28. The van der Waals surface area contributed by atoms with E-state index in [9.17, 15) is 5.11 Å². The highest BCUT2D eigenvalue weighted by Crippen LogP contribution is 2.40. The summed E-state index contributed by atoms with van der Waals surface area (Å²) in [7, 11) is 0. The molecule has 2 aliphatic rings. The first-order chi connectivity index (χ1) is 9.59. The topological polar surface area (TPSA) is 41.5 Å². The molecule has 0 amide bonds. The molecule has 2 aliphatic carbocycles. The van der Waals surface area contributed by atoms with Crippen molar-refractivity contribution in [3.8, 4) is 0 Å². The van der Waals surface area contributed by atoms with Crippen LogP contribution in [0.1, 0.15) is 65.7 Å². The van der Waals surface area contributed by atoms with Crippen LogP contribution in [0.3, 0.4) is 0 Å². The van der Waals surface area contributed by atoms with Gasteiger partial charge in [-0.2, -0.15) is 0 Å². The van der Waals surface area contributed by atoms with Crippen LogP contribution in [-0.4, -0.2) is 36.0 Å². The maximum atomic E-state index is 9.92. The van der Waals surface area contributed by atoms with Crippen molar-refractivity contribution in [1.82, 2.24) is 5.32 Å². The number of aliphatic hydroxyl groups is 1. The fourth-order valence-electron chi connectivity index (χ4n) is 3.74. The molecule has 0 aromatic carbocycles. The molecule has 0 saturated heterocycles. The Morgan fingerprint density at radius 1 is 1.25 bits per heavy atom. The zero-order valence-electron chi connectivity index (χ0n) is 13.5. The number of ether oxygens (including phenoxy) is 1. The van der Waals surface area contributed by atoms with E-state index in [1.54, 1.807) is 0 Å². The van der Waals surface area contributed by atoms with E-state index in [0.29, 0.717) is 24.7 Å². The van der Waals surface area contributed by atoms with Crippen LogP contribution < -0.4 is 5.32 Å². The Morgan fingerprint density at radius 3 is 2.55 bits per heavy atom. The van der Waals surface area contributed by atoms with Crippen molar-refractivity contribution >= 4 is 0 Å². The Labute approximate surface area is 124 Å². The Morgan fingerprint density at radius 2 is 2.00 bits per heavy atom. The highest BCUT2D eigenvalue weighted by atomic mass is 16.5. The van der Waals surface area contributed by atoms with E-state index >= 15 is 0 Å². The van der Waals surface area contributed by atoms with E-state index in [0.717, 1.165) is 5.92 Å². The van der Waals surface area contributed by atoms with Gasteiger partial charge in [0.2, 0.25) is 0 Å². The second-order valence-electron chi connectivity index (χ2n) is 7.26. The second-order valence-corrected chi connectivity index (χ2v) is 7.26. The molecule has 0 spiro atoms. The predicted octanol–water partition coefficient (Wildman–Crippen LogP) is 3.11. The quantitative estimate of drug-likeness (QED) is 0.719. The van der Waals surface area contributed by atoms with Gasteiger partial charge in [0.1, 0.15) is 0 Å². The van der Waals surface area contributed by atoms with Gasteiger partial charge in [-0.1, -0.05) is 40.0 Å². The predicted molar refractivity (Wildman–Crippen MR) is 82.8 cm³/mol. The van der Waals surface area contributed by atoms with Gasteiger partial charge in [-0.3, -0.25) is 0 Å². The first-order valence-corrected chi connectivity index (χ1v) is 8.59. The van der Waals surface area contributed by atoms with Gasteiger partial charge in [-0.05, 0) is 37.5 Å². The summed E-state index contributed by atoms with van der Waals surface area (Å²) in [4.78, 5) is 0. The number of nitrogens with one attached hydrogen (secondary N) is 1. The van der Waals surface area contributed by atoms with Crippen LogP contribution in [0.4, 0.5) is 0 Å². The van der Waals surface area contributed by atoms with Crippen molar-refractivity contribution in [3.05, 3.63) is 0 Å². The van der Waals surface area contributed by atoms with Crippen LogP contribution >= 0.6 is 0 Å². The summed E-state index contributed by atoms with van der Waals surface area (Å²) in [5, 5.41) is 13.5. The van der Waals surface area contributed by atoms with E-state index in [2.05, 4.69) is 26.1 Å². The fraction of sp³-hybridized carbons (Fsp3) is 1.00. The fourth-order valence-corrected chi connectivity index (χ4v) is 3.74. The molecule has 0 aliphatic heterocycles. The highest BCUT2D eigenvalue weighted by Gasteiger charge is 2.45. The maximum Gasteiger partial charge on any atom is 0.0681 e. The van der Waals surface area contributed by atoms with Gasteiger partial charge in [0, 0.05) is 6.04 Å². The van der Waals surface area contributed by atoms with E-state index in [-0.39, 0.29) is 12.1 Å². The lowest BCUT2D eigenvalue weighted by atomic mass is 9.85. The molecule has 2 N–H and O–H groups in total. The summed E-state index contributed by atoms with van der Waals surface area (Å²) in [6.07, 6.45) is 9.22. The summed E-state index contributed by atoms with van der Waals surface area (Å²) in [6, 6.07) is 0.390. The van der Waals surface area contributed by atoms with Crippen molar-refractivity contribution in [3.63, 3.8) is 0 Å². The molecule has 3 nitrogen and oxygen atoms in total. The molecule has 3 heteroatoms. The summed E-state index contributed by atoms with van der Waals surface area (Å²) in [5.41, 5.74) is -0.201. The van der Waals surface area contributed by atoms with Gasteiger partial charge in [0.15, 0.2) is 0 Å². The third-order valence-corrected chi connectivity index (χ3v) is 5.11. The van der Waals surface area contributed by atoms with Crippen LogP contribution in [0.2, 0.25) is 0 Å². The second kappa shape index (κ2) is 7.24. The van der Waals surface area contributed by atoms with Gasteiger partial charge in [0.25, 0.3) is 0 Å². The SMILES string of the molecule is CCC1CCCC(OCC(CO)(NC(C)C)C2CC2)C1. The molecule has 0 heterocycles. The van der Waals surface area contributed by atoms with Crippen LogP contribution in [0.25, 0.3) is 0 Å². The van der Waals surface area contributed by atoms with Crippen LogP contribution in [0, 0.1) is 11.8 Å². The van der Waals surface area contributed by atoms with Gasteiger partial charge in [-0.15, -0.1) is 0 Å². The van der Waals surface area contributed by atoms with Gasteiger partial charge in [0.05, 0.1) is 24.9 Å². The van der Waals surface area contributed by atoms with Gasteiger partial charge < -0.3 is 15.2 Å². The molecule has 0 bridgehead atoms. The third kappa shape index (κ3) is 4.19. The molecule has 3 unspecified atom stereocenters. The number of aliphatic hydroxyl groups excluding tert-OH is 1. The molecule has 0 aromatic rings. The molecule has 0 aromatic heterocycles. The first-order valence-electron chi connectivity index (χ1n) is 8.59. The van der Waals surface area contributed by atoms with E-state index in [1.165, 1.54) is 44.9 Å². The lowest BCUT2D eigenvalue weighted by Crippen LogP contribution is -2.57. The Bertz CT molecular complexity index is 291. The summed E-state index contributed by atoms with van der Waals surface area (Å²) in [5.74, 6) is 1.44. The van der Waals surface area contributed by atoms with Crippen molar-refractivity contribution in [2.75, 3.05) is 13.2 Å². The average molecular weight is 283 g/mol. The normalized spacial score (nSPS) is 30.4. The van der Waals surface area contributed by atoms with Crippen molar-refractivity contribution in [1.29, 1.82) is 0 Å². The van der Waals surface area contributed by atoms with E-state index < -0.39 is 0 Å². The van der Waals surface area contributed by atoms with Crippen molar-refractivity contribution in [2.24, 2.45) is 11.8 Å². The third-order valence-electron chi connectivity index (χ3n) is 5.11. The molecule has 20 heavy (non-hydrogen) atoms. The van der Waals surface area contributed by atoms with E-state index in [1.807, 2.05) is 0 Å². The molecule has 2 rings (SSSR count). The Hall–Kier alpha value is -0.120. The van der Waals surface area contributed by atoms with Crippen molar-refractivity contribution in [2.45, 2.75) is 83.4 Å². The lowest BCUT2D eigenvalue weighted by molar-refractivity contribution is -0.0423.